The first-order valence-corrected chi connectivity index (χ1v) is 5.41. The van der Waals surface area contributed by atoms with Crippen molar-refractivity contribution in [2.24, 2.45) is 11.8 Å². The van der Waals surface area contributed by atoms with Gasteiger partial charge >= 0.3 is 0 Å². The molecular formula is C12H22. The molecule has 0 saturated heterocycles. The Hall–Kier alpha value is -0.260. The van der Waals surface area contributed by atoms with Crippen LogP contribution in [0.3, 0.4) is 0 Å². The lowest BCUT2D eigenvalue weighted by molar-refractivity contribution is 0.496. The minimum absolute atomic E-state index is 0.900. The predicted octanol–water partition coefficient (Wildman–Crippen LogP) is 4.17. The van der Waals surface area contributed by atoms with Gasteiger partial charge in [0, 0.05) is 5.92 Å². The van der Waals surface area contributed by atoms with Gasteiger partial charge in [-0.3, -0.25) is 0 Å². The van der Waals surface area contributed by atoms with Crippen LogP contribution in [0, 0.1) is 11.8 Å². The summed E-state index contributed by atoms with van der Waals surface area (Å²) in [6, 6.07) is 0. The fourth-order valence-corrected chi connectivity index (χ4v) is 2.14. The molecule has 1 rings (SSSR count). The predicted molar refractivity (Wildman–Crippen MR) is 55.2 cm³/mol. The van der Waals surface area contributed by atoms with Gasteiger partial charge in [0.05, 0.1) is 0 Å². The highest BCUT2D eigenvalue weighted by Crippen LogP contribution is 2.47. The van der Waals surface area contributed by atoms with Gasteiger partial charge in [-0.15, -0.1) is 0 Å². The summed E-state index contributed by atoms with van der Waals surface area (Å²) in [5.74, 6) is 1.80. The third kappa shape index (κ3) is 1.91. The maximum absolute atomic E-state index is 2.38. The second-order valence-corrected chi connectivity index (χ2v) is 4.18. The summed E-state index contributed by atoms with van der Waals surface area (Å²) < 4.78 is 0. The van der Waals surface area contributed by atoms with Gasteiger partial charge in [0.15, 0.2) is 0 Å². The topological polar surface area (TPSA) is 0 Å². The molecule has 0 amide bonds. The van der Waals surface area contributed by atoms with E-state index in [-0.39, 0.29) is 0 Å². The molecule has 0 bridgehead atoms. The standard InChI is InChI=1S/C12H22/c1-5-7-8-11-10(4)12(11)9(3)6-2/h9,12H,5-8H2,1-4H3. The van der Waals surface area contributed by atoms with Crippen molar-refractivity contribution in [3.05, 3.63) is 11.1 Å². The molecular weight excluding hydrogens is 144 g/mol. The lowest BCUT2D eigenvalue weighted by atomic mass is 9.97. The van der Waals surface area contributed by atoms with Crippen LogP contribution in [0.2, 0.25) is 0 Å². The van der Waals surface area contributed by atoms with Crippen LogP contribution in [-0.2, 0) is 0 Å². The van der Waals surface area contributed by atoms with E-state index < -0.39 is 0 Å². The molecule has 0 aliphatic heterocycles. The van der Waals surface area contributed by atoms with Crippen molar-refractivity contribution in [3.8, 4) is 0 Å². The van der Waals surface area contributed by atoms with Gasteiger partial charge in [-0.2, -0.15) is 0 Å². The third-order valence-electron chi connectivity index (χ3n) is 3.28. The smallest absolute Gasteiger partial charge is 0.00354 e. The van der Waals surface area contributed by atoms with Gasteiger partial charge in [0.2, 0.25) is 0 Å². The van der Waals surface area contributed by atoms with E-state index in [0.29, 0.717) is 0 Å². The summed E-state index contributed by atoms with van der Waals surface area (Å²) >= 11 is 0. The van der Waals surface area contributed by atoms with Crippen LogP contribution in [0.1, 0.15) is 53.4 Å². The minimum atomic E-state index is 0.900. The van der Waals surface area contributed by atoms with E-state index in [1.165, 1.54) is 25.7 Å². The van der Waals surface area contributed by atoms with Gasteiger partial charge < -0.3 is 0 Å². The highest BCUT2D eigenvalue weighted by molar-refractivity contribution is 5.39. The number of allylic oxidation sites excluding steroid dienone is 2. The quantitative estimate of drug-likeness (QED) is 0.538. The molecule has 2 unspecified atom stereocenters. The molecule has 0 aromatic rings. The summed E-state index contributed by atoms with van der Waals surface area (Å²) in [6.45, 7) is 9.28. The zero-order chi connectivity index (χ0) is 9.14. The van der Waals surface area contributed by atoms with E-state index >= 15 is 0 Å². The fraction of sp³-hybridized carbons (Fsp3) is 0.833. The molecule has 0 radical (unpaired) electrons. The lowest BCUT2D eigenvalue weighted by Crippen LogP contribution is -1.98. The number of hydrogen-bond acceptors (Lipinski definition) is 0. The molecule has 0 spiro atoms. The Kier molecular flexibility index (Phi) is 3.37. The molecule has 0 aromatic heterocycles. The largest absolute Gasteiger partial charge is 0.0661 e. The molecule has 2 atom stereocenters. The lowest BCUT2D eigenvalue weighted by Gasteiger charge is -2.08. The number of unbranched alkanes of at least 4 members (excludes halogenated alkanes) is 1. The summed E-state index contributed by atoms with van der Waals surface area (Å²) in [5.41, 5.74) is 3.49. The third-order valence-corrected chi connectivity index (χ3v) is 3.28. The first-order chi connectivity index (χ1) is 5.72. The summed E-state index contributed by atoms with van der Waals surface area (Å²) in [6.07, 6.45) is 5.43. The highest BCUT2D eigenvalue weighted by Gasteiger charge is 2.34. The van der Waals surface area contributed by atoms with E-state index in [0.717, 1.165) is 11.8 Å². The van der Waals surface area contributed by atoms with E-state index in [1.54, 1.807) is 11.1 Å². The van der Waals surface area contributed by atoms with Gasteiger partial charge in [0.1, 0.15) is 0 Å². The van der Waals surface area contributed by atoms with Crippen LogP contribution < -0.4 is 0 Å². The molecule has 0 nitrogen and oxygen atoms in total. The van der Waals surface area contributed by atoms with E-state index in [2.05, 4.69) is 27.7 Å². The average Bonchev–Trinajstić information content (AvgIpc) is 2.72. The Morgan fingerprint density at radius 1 is 1.33 bits per heavy atom. The van der Waals surface area contributed by atoms with Crippen molar-refractivity contribution < 1.29 is 0 Å². The van der Waals surface area contributed by atoms with Crippen molar-refractivity contribution in [1.82, 2.24) is 0 Å². The Morgan fingerprint density at radius 2 is 2.00 bits per heavy atom. The molecule has 12 heavy (non-hydrogen) atoms. The minimum Gasteiger partial charge on any atom is -0.0661 e. The van der Waals surface area contributed by atoms with E-state index in [1.807, 2.05) is 0 Å². The van der Waals surface area contributed by atoms with Gasteiger partial charge in [-0.25, -0.2) is 0 Å². The summed E-state index contributed by atoms with van der Waals surface area (Å²) in [5, 5.41) is 0. The van der Waals surface area contributed by atoms with E-state index in [9.17, 15) is 0 Å². The van der Waals surface area contributed by atoms with Gasteiger partial charge in [-0.05, 0) is 25.7 Å². The molecule has 0 N–H and O–H groups in total. The fourth-order valence-electron chi connectivity index (χ4n) is 2.14. The first kappa shape index (κ1) is 9.83. The van der Waals surface area contributed by atoms with E-state index in [4.69, 9.17) is 0 Å². The molecule has 1 aliphatic carbocycles. The van der Waals surface area contributed by atoms with Crippen molar-refractivity contribution in [2.75, 3.05) is 0 Å². The molecule has 0 saturated carbocycles. The Bertz CT molecular complexity index is 176. The SMILES string of the molecule is CCCCC1=C(C)C1C(C)CC. The second kappa shape index (κ2) is 4.11. The maximum atomic E-state index is 2.38. The van der Waals surface area contributed by atoms with Gasteiger partial charge in [0.25, 0.3) is 0 Å². The van der Waals surface area contributed by atoms with Crippen molar-refractivity contribution in [2.45, 2.75) is 53.4 Å². The van der Waals surface area contributed by atoms with Gasteiger partial charge in [-0.1, -0.05) is 44.8 Å². The molecule has 0 fully saturated rings. The molecule has 0 heteroatoms. The molecule has 70 valence electrons. The maximum Gasteiger partial charge on any atom is 0.00354 e. The van der Waals surface area contributed by atoms with Crippen LogP contribution in [-0.4, -0.2) is 0 Å². The highest BCUT2D eigenvalue weighted by atomic mass is 14.4. The molecule has 0 aromatic carbocycles. The Labute approximate surface area is 77.1 Å². The van der Waals surface area contributed by atoms with Crippen LogP contribution in [0.5, 0.6) is 0 Å². The summed E-state index contributed by atoms with van der Waals surface area (Å²) in [4.78, 5) is 0. The average molecular weight is 166 g/mol. The molecule has 1 aliphatic rings. The van der Waals surface area contributed by atoms with Crippen LogP contribution in [0.25, 0.3) is 0 Å². The molecule has 0 heterocycles. The monoisotopic (exact) mass is 166 g/mol. The first-order valence-electron chi connectivity index (χ1n) is 5.41. The zero-order valence-corrected chi connectivity index (χ0v) is 8.98. The van der Waals surface area contributed by atoms with Crippen LogP contribution in [0.15, 0.2) is 11.1 Å². The van der Waals surface area contributed by atoms with Crippen LogP contribution >= 0.6 is 0 Å². The summed E-state index contributed by atoms with van der Waals surface area (Å²) in [7, 11) is 0. The number of rotatable bonds is 5. The Morgan fingerprint density at radius 3 is 2.50 bits per heavy atom. The van der Waals surface area contributed by atoms with Crippen molar-refractivity contribution >= 4 is 0 Å². The Balaban J connectivity index is 2.29. The van der Waals surface area contributed by atoms with Crippen molar-refractivity contribution in [1.29, 1.82) is 0 Å². The van der Waals surface area contributed by atoms with Crippen LogP contribution in [0.4, 0.5) is 0 Å². The zero-order valence-electron chi connectivity index (χ0n) is 8.98. The normalized spacial score (nSPS) is 24.5. The number of hydrogen-bond donors (Lipinski definition) is 0. The second-order valence-electron chi connectivity index (χ2n) is 4.18. The van der Waals surface area contributed by atoms with Crippen molar-refractivity contribution in [3.63, 3.8) is 0 Å².